The van der Waals surface area contributed by atoms with Crippen molar-refractivity contribution in [3.63, 3.8) is 0 Å². The highest BCUT2D eigenvalue weighted by Crippen LogP contribution is 2.42. The van der Waals surface area contributed by atoms with Crippen molar-refractivity contribution in [3.8, 4) is 5.69 Å². The van der Waals surface area contributed by atoms with Gasteiger partial charge in [-0.3, -0.25) is 9.69 Å². The summed E-state index contributed by atoms with van der Waals surface area (Å²) >= 11 is 0. The summed E-state index contributed by atoms with van der Waals surface area (Å²) in [6.07, 6.45) is 5.31. The zero-order valence-electron chi connectivity index (χ0n) is 19.6. The third-order valence-corrected chi connectivity index (χ3v) is 7.29. The number of carbonyl (C=O) groups is 2. The Morgan fingerprint density at radius 1 is 1.06 bits per heavy atom. The van der Waals surface area contributed by atoms with Crippen molar-refractivity contribution in [3.05, 3.63) is 70.5 Å². The summed E-state index contributed by atoms with van der Waals surface area (Å²) in [6.45, 7) is 4.60. The summed E-state index contributed by atoms with van der Waals surface area (Å²) < 4.78 is 6.76. The minimum absolute atomic E-state index is 0.199. The highest BCUT2D eigenvalue weighted by molar-refractivity contribution is 5.93. The molecule has 2 aliphatic heterocycles. The fourth-order valence-electron chi connectivity index (χ4n) is 5.06. The van der Waals surface area contributed by atoms with Crippen molar-refractivity contribution < 1.29 is 14.3 Å². The third kappa shape index (κ3) is 4.68. The molecule has 1 aromatic heterocycles. The molecule has 1 saturated carbocycles. The van der Waals surface area contributed by atoms with Crippen LogP contribution >= 0.6 is 0 Å². The number of hydrogen-bond donors (Lipinski definition) is 0. The van der Waals surface area contributed by atoms with E-state index in [0.717, 1.165) is 56.0 Å². The van der Waals surface area contributed by atoms with Gasteiger partial charge < -0.3 is 9.64 Å². The highest BCUT2D eigenvalue weighted by Gasteiger charge is 2.29. The van der Waals surface area contributed by atoms with E-state index in [2.05, 4.69) is 38.6 Å². The van der Waals surface area contributed by atoms with Crippen molar-refractivity contribution in [2.45, 2.75) is 38.2 Å². The molecule has 3 aromatic rings. The molecule has 9 heteroatoms. The second-order valence-corrected chi connectivity index (χ2v) is 9.63. The predicted molar refractivity (Wildman–Crippen MR) is 127 cm³/mol. The Balaban J connectivity index is 1.03. The molecule has 9 nitrogen and oxygen atoms in total. The lowest BCUT2D eigenvalue weighted by Gasteiger charge is -2.35. The summed E-state index contributed by atoms with van der Waals surface area (Å²) in [4.78, 5) is 29.2. The molecule has 3 aliphatic rings. The molecule has 6 rings (SSSR count). The number of rotatable bonds is 7. The van der Waals surface area contributed by atoms with Crippen LogP contribution in [0.2, 0.25) is 0 Å². The second kappa shape index (κ2) is 9.22. The maximum Gasteiger partial charge on any atom is 0.338 e. The van der Waals surface area contributed by atoms with E-state index in [4.69, 9.17) is 4.74 Å². The SMILES string of the molecule is O=C1OCc2cc(CCN3CCN(C(=O)Cc4ccc(-n5cnnn5)cc4C4CC4)CC3)ccc21. The number of carbonyl (C=O) groups excluding carboxylic acids is 2. The van der Waals surface area contributed by atoms with Gasteiger partial charge in [-0.2, -0.15) is 0 Å². The first-order valence-corrected chi connectivity index (χ1v) is 12.3. The predicted octanol–water partition coefficient (Wildman–Crippen LogP) is 2.14. The average molecular weight is 473 g/mol. The minimum atomic E-state index is -0.222. The molecule has 1 saturated heterocycles. The molecular formula is C26H28N6O3. The number of fused-ring (bicyclic) bond motifs is 1. The van der Waals surface area contributed by atoms with Crippen molar-refractivity contribution >= 4 is 11.9 Å². The van der Waals surface area contributed by atoms with Crippen LogP contribution in [0.3, 0.4) is 0 Å². The van der Waals surface area contributed by atoms with Crippen molar-refractivity contribution in [2.75, 3.05) is 32.7 Å². The van der Waals surface area contributed by atoms with Crippen LogP contribution in [0.15, 0.2) is 42.7 Å². The molecule has 0 spiro atoms. The molecular weight excluding hydrogens is 444 g/mol. The second-order valence-electron chi connectivity index (χ2n) is 9.63. The average Bonchev–Trinajstić information content (AvgIpc) is 3.45. The zero-order valence-corrected chi connectivity index (χ0v) is 19.6. The van der Waals surface area contributed by atoms with Crippen LogP contribution in [0.5, 0.6) is 0 Å². The minimum Gasteiger partial charge on any atom is -0.457 e. The van der Waals surface area contributed by atoms with Crippen molar-refractivity contribution in [1.29, 1.82) is 0 Å². The van der Waals surface area contributed by atoms with Crippen LogP contribution in [0, 0.1) is 0 Å². The van der Waals surface area contributed by atoms with Gasteiger partial charge >= 0.3 is 5.97 Å². The molecule has 0 radical (unpaired) electrons. The first-order chi connectivity index (χ1) is 17.1. The number of ether oxygens (including phenoxy) is 1. The lowest BCUT2D eigenvalue weighted by molar-refractivity contribution is -0.132. The van der Waals surface area contributed by atoms with Gasteiger partial charge in [0.2, 0.25) is 5.91 Å². The molecule has 1 aliphatic carbocycles. The number of hydrogen-bond acceptors (Lipinski definition) is 7. The number of piperazine rings is 1. The standard InChI is InChI=1S/C26H28N6O3/c33-25(14-20-4-5-22(32-17-27-28-29-32)15-24(20)19-2-3-19)31-11-9-30(10-12-31)8-7-18-1-6-23-21(13-18)16-35-26(23)34/h1,4-6,13,15,17,19H,2-3,7-12,14,16H2. The van der Waals surface area contributed by atoms with Crippen LogP contribution < -0.4 is 0 Å². The molecule has 0 unspecified atom stereocenters. The molecule has 2 fully saturated rings. The van der Waals surface area contributed by atoms with Gasteiger partial charge in [0, 0.05) is 38.3 Å². The fourth-order valence-corrected chi connectivity index (χ4v) is 5.06. The van der Waals surface area contributed by atoms with E-state index in [0.29, 0.717) is 24.5 Å². The topological polar surface area (TPSA) is 93.5 Å². The van der Waals surface area contributed by atoms with Gasteiger partial charge in [-0.15, -0.1) is 5.10 Å². The van der Waals surface area contributed by atoms with Crippen LogP contribution in [0.25, 0.3) is 5.69 Å². The Kier molecular flexibility index (Phi) is 5.77. The third-order valence-electron chi connectivity index (χ3n) is 7.29. The van der Waals surface area contributed by atoms with Gasteiger partial charge in [0.1, 0.15) is 12.9 Å². The van der Waals surface area contributed by atoms with Crippen LogP contribution in [-0.2, 0) is 29.0 Å². The summed E-state index contributed by atoms with van der Waals surface area (Å²) in [5.74, 6) is 0.514. The highest BCUT2D eigenvalue weighted by atomic mass is 16.5. The van der Waals surface area contributed by atoms with E-state index in [1.165, 1.54) is 24.0 Å². The molecule has 0 N–H and O–H groups in total. The van der Waals surface area contributed by atoms with Gasteiger partial charge in [-0.05, 0) is 70.5 Å². The molecule has 2 aromatic carbocycles. The van der Waals surface area contributed by atoms with Gasteiger partial charge in [0.15, 0.2) is 0 Å². The zero-order chi connectivity index (χ0) is 23.8. The van der Waals surface area contributed by atoms with Gasteiger partial charge in [-0.25, -0.2) is 9.48 Å². The van der Waals surface area contributed by atoms with Crippen molar-refractivity contribution in [2.24, 2.45) is 0 Å². The monoisotopic (exact) mass is 472 g/mol. The molecule has 1 amide bonds. The summed E-state index contributed by atoms with van der Waals surface area (Å²) in [6, 6.07) is 12.2. The lowest BCUT2D eigenvalue weighted by atomic mass is 9.99. The number of aromatic nitrogens is 4. The maximum absolute atomic E-state index is 13.1. The van der Waals surface area contributed by atoms with E-state index in [1.54, 1.807) is 11.0 Å². The van der Waals surface area contributed by atoms with Crippen LogP contribution in [0.1, 0.15) is 51.4 Å². The van der Waals surface area contributed by atoms with Gasteiger partial charge in [0.05, 0.1) is 17.7 Å². The quantitative estimate of drug-likeness (QED) is 0.487. The lowest BCUT2D eigenvalue weighted by Crippen LogP contribution is -2.49. The fraction of sp³-hybridized carbons (Fsp3) is 0.423. The first-order valence-electron chi connectivity index (χ1n) is 12.3. The smallest absolute Gasteiger partial charge is 0.338 e. The first kappa shape index (κ1) is 21.9. The summed E-state index contributed by atoms with van der Waals surface area (Å²) in [5.41, 5.74) is 6.21. The Morgan fingerprint density at radius 3 is 2.69 bits per heavy atom. The largest absolute Gasteiger partial charge is 0.457 e. The van der Waals surface area contributed by atoms with E-state index in [1.807, 2.05) is 23.1 Å². The van der Waals surface area contributed by atoms with Crippen molar-refractivity contribution in [1.82, 2.24) is 30.0 Å². The summed E-state index contributed by atoms with van der Waals surface area (Å²) in [5, 5.41) is 11.4. The van der Waals surface area contributed by atoms with E-state index in [-0.39, 0.29) is 11.9 Å². The number of esters is 1. The molecule has 3 heterocycles. The Morgan fingerprint density at radius 2 is 1.91 bits per heavy atom. The maximum atomic E-state index is 13.1. The van der Waals surface area contributed by atoms with E-state index < -0.39 is 0 Å². The Bertz CT molecular complexity index is 1250. The number of amides is 1. The number of benzene rings is 2. The Hall–Kier alpha value is -3.59. The number of nitrogens with zero attached hydrogens (tertiary/aromatic N) is 6. The van der Waals surface area contributed by atoms with E-state index in [9.17, 15) is 9.59 Å². The summed E-state index contributed by atoms with van der Waals surface area (Å²) in [7, 11) is 0. The van der Waals surface area contributed by atoms with Gasteiger partial charge in [-0.1, -0.05) is 18.2 Å². The molecule has 0 atom stereocenters. The molecule has 0 bridgehead atoms. The normalized spacial score (nSPS) is 17.9. The number of cyclic esters (lactones) is 1. The molecule has 35 heavy (non-hydrogen) atoms. The van der Waals surface area contributed by atoms with Gasteiger partial charge in [0.25, 0.3) is 0 Å². The van der Waals surface area contributed by atoms with E-state index >= 15 is 0 Å². The number of tetrazole rings is 1. The van der Waals surface area contributed by atoms with Crippen LogP contribution in [-0.4, -0.2) is 74.6 Å². The van der Waals surface area contributed by atoms with Crippen LogP contribution in [0.4, 0.5) is 0 Å². The molecule has 180 valence electrons. The Labute approximate surface area is 203 Å².